The van der Waals surface area contributed by atoms with Crippen LogP contribution in [0.1, 0.15) is 11.1 Å². The Hall–Kier alpha value is -1.87. The first-order valence-corrected chi connectivity index (χ1v) is 6.52. The maximum absolute atomic E-state index is 5.55. The maximum Gasteiger partial charge on any atom is 0.118 e. The van der Waals surface area contributed by atoms with E-state index in [0.717, 1.165) is 22.0 Å². The molecule has 19 heavy (non-hydrogen) atoms. The van der Waals surface area contributed by atoms with Crippen LogP contribution in [0.3, 0.4) is 0 Å². The molecule has 0 saturated carbocycles. The van der Waals surface area contributed by atoms with Crippen LogP contribution in [0.5, 0.6) is 5.75 Å². The van der Waals surface area contributed by atoms with Crippen LogP contribution < -0.4 is 9.64 Å². The van der Waals surface area contributed by atoms with E-state index in [1.54, 1.807) is 7.11 Å². The van der Waals surface area contributed by atoms with Gasteiger partial charge in [0, 0.05) is 18.3 Å². The Morgan fingerprint density at radius 1 is 1.05 bits per heavy atom. The van der Waals surface area contributed by atoms with E-state index in [1.807, 2.05) is 48.3 Å². The van der Waals surface area contributed by atoms with Crippen molar-refractivity contribution in [2.24, 2.45) is 0 Å². The van der Waals surface area contributed by atoms with Crippen molar-refractivity contribution in [2.75, 3.05) is 19.1 Å². The third kappa shape index (κ3) is 2.93. The highest BCUT2D eigenvalue weighted by atomic mass is 32.1. The maximum atomic E-state index is 5.55. The summed E-state index contributed by atoms with van der Waals surface area (Å²) in [6.45, 7) is 2.09. The van der Waals surface area contributed by atoms with Crippen molar-refractivity contribution in [3.63, 3.8) is 0 Å². The molecule has 0 unspecified atom stereocenters. The van der Waals surface area contributed by atoms with E-state index < -0.39 is 0 Å². The minimum atomic E-state index is 0.803. The number of aryl methyl sites for hydroxylation is 1. The zero-order valence-electron chi connectivity index (χ0n) is 11.4. The Bertz CT molecular complexity index is 578. The minimum Gasteiger partial charge on any atom is -0.497 e. The third-order valence-electron chi connectivity index (χ3n) is 3.12. The molecule has 2 nitrogen and oxygen atoms in total. The van der Waals surface area contributed by atoms with Gasteiger partial charge in [0.25, 0.3) is 0 Å². The second-order valence-electron chi connectivity index (χ2n) is 4.38. The second-order valence-corrected chi connectivity index (χ2v) is 4.77. The highest BCUT2D eigenvalue weighted by Crippen LogP contribution is 2.21. The van der Waals surface area contributed by atoms with Crippen LogP contribution in [0.4, 0.5) is 5.69 Å². The molecule has 0 aliphatic heterocycles. The predicted molar refractivity (Wildman–Crippen MR) is 84.3 cm³/mol. The van der Waals surface area contributed by atoms with Gasteiger partial charge in [-0.05, 0) is 42.8 Å². The van der Waals surface area contributed by atoms with E-state index in [9.17, 15) is 0 Å². The topological polar surface area (TPSA) is 12.5 Å². The first kappa shape index (κ1) is 13.6. The monoisotopic (exact) mass is 271 g/mol. The van der Waals surface area contributed by atoms with Gasteiger partial charge in [0.1, 0.15) is 10.7 Å². The average Bonchev–Trinajstić information content (AvgIpc) is 2.46. The normalized spacial score (nSPS) is 10.1. The number of methoxy groups -OCH3 is 1. The number of benzene rings is 2. The first-order chi connectivity index (χ1) is 9.13. The zero-order chi connectivity index (χ0) is 13.8. The molecular formula is C16H17NOS. The third-order valence-corrected chi connectivity index (χ3v) is 3.63. The summed E-state index contributed by atoms with van der Waals surface area (Å²) in [6.07, 6.45) is 0. The Balaban J connectivity index is 2.26. The number of ether oxygens (including phenoxy) is 1. The van der Waals surface area contributed by atoms with Gasteiger partial charge in [0.2, 0.25) is 0 Å². The fraction of sp³-hybridized carbons (Fsp3) is 0.188. The number of hydrogen-bond acceptors (Lipinski definition) is 2. The molecule has 2 rings (SSSR count). The molecule has 98 valence electrons. The molecular weight excluding hydrogens is 254 g/mol. The molecule has 0 fully saturated rings. The summed E-state index contributed by atoms with van der Waals surface area (Å²) >= 11 is 5.55. The van der Waals surface area contributed by atoms with Gasteiger partial charge >= 0.3 is 0 Å². The molecule has 3 heteroatoms. The van der Waals surface area contributed by atoms with Gasteiger partial charge in [-0.25, -0.2) is 0 Å². The van der Waals surface area contributed by atoms with Crippen molar-refractivity contribution in [2.45, 2.75) is 6.92 Å². The number of anilines is 1. The van der Waals surface area contributed by atoms with E-state index >= 15 is 0 Å². The summed E-state index contributed by atoms with van der Waals surface area (Å²) in [7, 11) is 3.65. The number of para-hydroxylation sites is 1. The molecule has 0 amide bonds. The van der Waals surface area contributed by atoms with Gasteiger partial charge in [-0.2, -0.15) is 0 Å². The van der Waals surface area contributed by atoms with Crippen molar-refractivity contribution in [1.82, 2.24) is 0 Å². The summed E-state index contributed by atoms with van der Waals surface area (Å²) in [5, 5.41) is 0. The van der Waals surface area contributed by atoms with Gasteiger partial charge in [-0.15, -0.1) is 0 Å². The molecule has 0 heterocycles. The summed E-state index contributed by atoms with van der Waals surface area (Å²) in [5.41, 5.74) is 3.35. The number of hydrogen-bond donors (Lipinski definition) is 0. The van der Waals surface area contributed by atoms with Gasteiger partial charge in [-0.3, -0.25) is 0 Å². The Morgan fingerprint density at radius 2 is 1.68 bits per heavy atom. The molecule has 0 spiro atoms. The van der Waals surface area contributed by atoms with E-state index in [1.165, 1.54) is 5.56 Å². The lowest BCUT2D eigenvalue weighted by Gasteiger charge is -2.22. The highest BCUT2D eigenvalue weighted by Gasteiger charge is 2.11. The number of rotatable bonds is 3. The summed E-state index contributed by atoms with van der Waals surface area (Å²) in [6, 6.07) is 16.0. The second kappa shape index (κ2) is 5.85. The highest BCUT2D eigenvalue weighted by molar-refractivity contribution is 7.81. The molecule has 0 aliphatic rings. The first-order valence-electron chi connectivity index (χ1n) is 6.11. The van der Waals surface area contributed by atoms with Crippen LogP contribution in [0, 0.1) is 6.92 Å². The molecule has 0 bridgehead atoms. The van der Waals surface area contributed by atoms with Crippen LogP contribution in [-0.4, -0.2) is 19.1 Å². The predicted octanol–water partition coefficient (Wildman–Crippen LogP) is 3.82. The van der Waals surface area contributed by atoms with E-state index in [2.05, 4.69) is 19.1 Å². The fourth-order valence-electron chi connectivity index (χ4n) is 1.98. The van der Waals surface area contributed by atoms with Crippen molar-refractivity contribution in [3.05, 3.63) is 59.7 Å². The van der Waals surface area contributed by atoms with Gasteiger partial charge in [-0.1, -0.05) is 30.4 Å². The molecule has 0 saturated heterocycles. The van der Waals surface area contributed by atoms with Gasteiger partial charge < -0.3 is 9.64 Å². The molecule has 0 radical (unpaired) electrons. The quantitative estimate of drug-likeness (QED) is 0.788. The van der Waals surface area contributed by atoms with E-state index in [-0.39, 0.29) is 0 Å². The Kier molecular flexibility index (Phi) is 4.17. The molecule has 2 aromatic carbocycles. The summed E-state index contributed by atoms with van der Waals surface area (Å²) < 4.78 is 5.16. The SMILES string of the molecule is COc1ccc(C(=S)N(C)c2ccccc2C)cc1. The van der Waals surface area contributed by atoms with Crippen molar-refractivity contribution in [3.8, 4) is 5.75 Å². The fourth-order valence-corrected chi connectivity index (χ4v) is 2.21. The molecule has 0 aliphatic carbocycles. The summed E-state index contributed by atoms with van der Waals surface area (Å²) in [4.78, 5) is 2.84. The van der Waals surface area contributed by atoms with Crippen LogP contribution in [-0.2, 0) is 0 Å². The minimum absolute atomic E-state index is 0.803. The standard InChI is InChI=1S/C16H17NOS/c1-12-6-4-5-7-15(12)17(2)16(19)13-8-10-14(18-3)11-9-13/h4-11H,1-3H3. The molecule has 0 aromatic heterocycles. The lowest BCUT2D eigenvalue weighted by molar-refractivity contribution is 0.415. The lowest BCUT2D eigenvalue weighted by atomic mass is 10.1. The number of nitrogens with zero attached hydrogens (tertiary/aromatic N) is 1. The average molecular weight is 271 g/mol. The largest absolute Gasteiger partial charge is 0.497 e. The van der Waals surface area contributed by atoms with Crippen molar-refractivity contribution < 1.29 is 4.74 Å². The zero-order valence-corrected chi connectivity index (χ0v) is 12.2. The van der Waals surface area contributed by atoms with E-state index in [0.29, 0.717) is 0 Å². The Morgan fingerprint density at radius 3 is 2.26 bits per heavy atom. The van der Waals surface area contributed by atoms with Crippen molar-refractivity contribution in [1.29, 1.82) is 0 Å². The van der Waals surface area contributed by atoms with Crippen LogP contribution in [0.2, 0.25) is 0 Å². The van der Waals surface area contributed by atoms with Crippen LogP contribution in [0.15, 0.2) is 48.5 Å². The molecule has 0 atom stereocenters. The molecule has 2 aromatic rings. The lowest BCUT2D eigenvalue weighted by Crippen LogP contribution is -2.25. The number of thiocarbonyl (C=S) groups is 1. The van der Waals surface area contributed by atoms with Crippen LogP contribution in [0.25, 0.3) is 0 Å². The van der Waals surface area contributed by atoms with E-state index in [4.69, 9.17) is 17.0 Å². The van der Waals surface area contributed by atoms with Crippen molar-refractivity contribution >= 4 is 22.9 Å². The summed E-state index contributed by atoms with van der Waals surface area (Å²) in [5.74, 6) is 0.838. The Labute approximate surface area is 119 Å². The van der Waals surface area contributed by atoms with Crippen LogP contribution >= 0.6 is 12.2 Å². The smallest absolute Gasteiger partial charge is 0.118 e. The molecule has 0 N–H and O–H groups in total. The van der Waals surface area contributed by atoms with Gasteiger partial charge in [0.05, 0.1) is 7.11 Å². The van der Waals surface area contributed by atoms with Gasteiger partial charge in [0.15, 0.2) is 0 Å².